The van der Waals surface area contributed by atoms with Crippen LogP contribution in [-0.2, 0) is 9.53 Å². The number of hydrogen-bond donors (Lipinski definition) is 0. The second-order valence-electron chi connectivity index (χ2n) is 8.19. The zero-order chi connectivity index (χ0) is 23.3. The molecular weight excluding hydrogens is 454 g/mol. The highest BCUT2D eigenvalue weighted by atomic mass is 32.1. The summed E-state index contributed by atoms with van der Waals surface area (Å²) in [6, 6.07) is 13.3. The van der Waals surface area contributed by atoms with E-state index in [1.807, 2.05) is 49.4 Å². The molecule has 1 saturated heterocycles. The van der Waals surface area contributed by atoms with Gasteiger partial charge in [0.2, 0.25) is 6.10 Å². The van der Waals surface area contributed by atoms with Gasteiger partial charge in [-0.25, -0.2) is 4.98 Å². The van der Waals surface area contributed by atoms with Crippen LogP contribution in [0, 0.1) is 0 Å². The molecule has 0 spiro atoms. The lowest BCUT2D eigenvalue weighted by molar-refractivity contribution is -0.127. The van der Waals surface area contributed by atoms with Crippen LogP contribution >= 0.6 is 11.3 Å². The zero-order valence-corrected chi connectivity index (χ0v) is 20.1. The number of benzene rings is 2. The topological polar surface area (TPSA) is 73.4 Å². The lowest BCUT2D eigenvalue weighted by Gasteiger charge is -2.31. The first kappa shape index (κ1) is 22.9. The summed E-state index contributed by atoms with van der Waals surface area (Å²) in [4.78, 5) is 22.6. The maximum atomic E-state index is 13.7. The van der Waals surface area contributed by atoms with Crippen molar-refractivity contribution in [3.63, 3.8) is 0 Å². The highest BCUT2D eigenvalue weighted by Crippen LogP contribution is 2.36. The van der Waals surface area contributed by atoms with Gasteiger partial charge in [0.15, 0.2) is 16.6 Å². The van der Waals surface area contributed by atoms with E-state index in [9.17, 15) is 4.79 Å². The third-order valence-electron chi connectivity index (χ3n) is 5.91. The summed E-state index contributed by atoms with van der Waals surface area (Å²) in [7, 11) is 0. The maximum Gasteiger partial charge on any atom is 0.273 e. The predicted octanol–water partition coefficient (Wildman–Crippen LogP) is 3.59. The molecule has 180 valence electrons. The summed E-state index contributed by atoms with van der Waals surface area (Å²) >= 11 is 1.49. The first-order chi connectivity index (χ1) is 16.7. The summed E-state index contributed by atoms with van der Waals surface area (Å²) in [6.45, 7) is 7.47. The molecule has 1 unspecified atom stereocenters. The molecule has 0 radical (unpaired) electrons. The van der Waals surface area contributed by atoms with E-state index in [2.05, 4.69) is 4.90 Å². The molecule has 0 saturated carbocycles. The fraction of sp³-hybridized carbons (Fsp3) is 0.440. The largest absolute Gasteiger partial charge is 0.492 e. The number of thiazole rings is 1. The average molecular weight is 484 g/mol. The highest BCUT2D eigenvalue weighted by Gasteiger charge is 2.33. The molecule has 0 aliphatic carbocycles. The molecule has 1 atom stereocenters. The van der Waals surface area contributed by atoms with Crippen molar-refractivity contribution >= 4 is 32.6 Å². The number of rotatable bonds is 8. The van der Waals surface area contributed by atoms with Crippen LogP contribution < -0.4 is 19.1 Å². The van der Waals surface area contributed by atoms with E-state index in [1.165, 1.54) is 11.3 Å². The Morgan fingerprint density at radius 3 is 2.82 bits per heavy atom. The van der Waals surface area contributed by atoms with E-state index in [1.54, 1.807) is 4.90 Å². The molecule has 3 aromatic rings. The fourth-order valence-corrected chi connectivity index (χ4v) is 5.21. The normalized spacial score (nSPS) is 18.1. The third kappa shape index (κ3) is 4.96. The molecular formula is C25H29N3O5S. The minimum Gasteiger partial charge on any atom is -0.492 e. The van der Waals surface area contributed by atoms with Crippen molar-refractivity contribution in [3.8, 4) is 17.2 Å². The minimum atomic E-state index is -0.725. The highest BCUT2D eigenvalue weighted by molar-refractivity contribution is 7.22. The molecule has 0 bridgehead atoms. The van der Waals surface area contributed by atoms with Gasteiger partial charge >= 0.3 is 0 Å². The van der Waals surface area contributed by atoms with Crippen LogP contribution in [0.2, 0.25) is 0 Å². The van der Waals surface area contributed by atoms with Gasteiger partial charge in [0.05, 0.1) is 24.5 Å². The quantitative estimate of drug-likeness (QED) is 0.485. The minimum absolute atomic E-state index is 0.145. The van der Waals surface area contributed by atoms with Crippen molar-refractivity contribution in [3.05, 3.63) is 42.5 Å². The van der Waals surface area contributed by atoms with Crippen molar-refractivity contribution in [1.82, 2.24) is 9.88 Å². The number of carbonyl (C=O) groups is 1. The number of fused-ring (bicyclic) bond motifs is 2. The number of morpholine rings is 1. The van der Waals surface area contributed by atoms with Gasteiger partial charge in [0.25, 0.3) is 5.91 Å². The molecule has 2 aliphatic heterocycles. The zero-order valence-electron chi connectivity index (χ0n) is 19.3. The van der Waals surface area contributed by atoms with E-state index in [-0.39, 0.29) is 12.5 Å². The number of nitrogens with zero attached hydrogens (tertiary/aromatic N) is 3. The fourth-order valence-electron chi connectivity index (χ4n) is 4.19. The Morgan fingerprint density at radius 1 is 1.18 bits per heavy atom. The second-order valence-corrected chi connectivity index (χ2v) is 9.20. The van der Waals surface area contributed by atoms with Crippen LogP contribution in [-0.4, -0.2) is 74.5 Å². The van der Waals surface area contributed by atoms with Crippen molar-refractivity contribution in [2.24, 2.45) is 0 Å². The summed E-state index contributed by atoms with van der Waals surface area (Å²) in [5.41, 5.74) is 0.779. The van der Waals surface area contributed by atoms with Gasteiger partial charge in [-0.2, -0.15) is 0 Å². The first-order valence-corrected chi connectivity index (χ1v) is 12.6. The van der Waals surface area contributed by atoms with Crippen LogP contribution in [0.3, 0.4) is 0 Å². The van der Waals surface area contributed by atoms with Gasteiger partial charge in [-0.05, 0) is 37.6 Å². The number of aromatic nitrogens is 1. The van der Waals surface area contributed by atoms with Gasteiger partial charge in [-0.3, -0.25) is 14.6 Å². The SMILES string of the molecule is CCOc1cccc2sc(N(CCCN3CCOCC3)C(=O)C3COc4ccccc4O3)nc12. The van der Waals surface area contributed by atoms with Crippen LogP contribution in [0.4, 0.5) is 5.13 Å². The van der Waals surface area contributed by atoms with E-state index in [4.69, 9.17) is 23.9 Å². The molecule has 2 aliphatic rings. The number of amides is 1. The number of para-hydroxylation sites is 3. The van der Waals surface area contributed by atoms with Gasteiger partial charge < -0.3 is 18.9 Å². The molecule has 1 fully saturated rings. The summed E-state index contributed by atoms with van der Waals surface area (Å²) in [5, 5.41) is 0.650. The van der Waals surface area contributed by atoms with Gasteiger partial charge in [0.1, 0.15) is 17.9 Å². The van der Waals surface area contributed by atoms with E-state index >= 15 is 0 Å². The lowest BCUT2D eigenvalue weighted by Crippen LogP contribution is -2.47. The monoisotopic (exact) mass is 483 g/mol. The number of ether oxygens (including phenoxy) is 4. The molecule has 1 amide bonds. The molecule has 9 heteroatoms. The van der Waals surface area contributed by atoms with E-state index in [0.717, 1.165) is 55.2 Å². The molecule has 8 nitrogen and oxygen atoms in total. The van der Waals surface area contributed by atoms with Crippen molar-refractivity contribution in [2.75, 3.05) is 57.5 Å². The van der Waals surface area contributed by atoms with Gasteiger partial charge in [-0.1, -0.05) is 29.5 Å². The van der Waals surface area contributed by atoms with Crippen molar-refractivity contribution in [1.29, 1.82) is 0 Å². The van der Waals surface area contributed by atoms with Crippen molar-refractivity contribution < 1.29 is 23.7 Å². The summed E-state index contributed by atoms with van der Waals surface area (Å²) in [6.07, 6.45) is 0.0982. The Kier molecular flexibility index (Phi) is 7.13. The molecule has 3 heterocycles. The van der Waals surface area contributed by atoms with E-state index in [0.29, 0.717) is 29.8 Å². The van der Waals surface area contributed by atoms with Crippen LogP contribution in [0.5, 0.6) is 17.2 Å². The molecule has 34 heavy (non-hydrogen) atoms. The van der Waals surface area contributed by atoms with Crippen molar-refractivity contribution in [2.45, 2.75) is 19.4 Å². The van der Waals surface area contributed by atoms with Crippen LogP contribution in [0.1, 0.15) is 13.3 Å². The third-order valence-corrected chi connectivity index (χ3v) is 6.95. The summed E-state index contributed by atoms with van der Waals surface area (Å²) < 4.78 is 24.1. The average Bonchev–Trinajstić information content (AvgIpc) is 3.32. The lowest BCUT2D eigenvalue weighted by atomic mass is 10.2. The Morgan fingerprint density at radius 2 is 2.00 bits per heavy atom. The Hall–Kier alpha value is -2.88. The molecule has 5 rings (SSSR count). The molecule has 2 aromatic carbocycles. The first-order valence-electron chi connectivity index (χ1n) is 11.7. The second kappa shape index (κ2) is 10.6. The smallest absolute Gasteiger partial charge is 0.273 e. The number of hydrogen-bond acceptors (Lipinski definition) is 8. The Bertz CT molecular complexity index is 1130. The number of anilines is 1. The van der Waals surface area contributed by atoms with E-state index < -0.39 is 6.10 Å². The standard InChI is InChI=1S/C25H29N3O5S/c1-2-31-20-9-5-10-22-23(20)26-25(34-22)28(12-6-11-27-13-15-30-16-14-27)24(29)21-17-32-18-7-3-4-8-19(18)33-21/h3-5,7-10,21H,2,6,11-17H2,1H3. The Labute approximate surface area is 203 Å². The van der Waals surface area contributed by atoms with Crippen LogP contribution in [0.25, 0.3) is 10.2 Å². The maximum absolute atomic E-state index is 13.7. The van der Waals surface area contributed by atoms with Gasteiger partial charge in [-0.15, -0.1) is 0 Å². The Balaban J connectivity index is 1.38. The number of carbonyl (C=O) groups excluding carboxylic acids is 1. The predicted molar refractivity (Wildman–Crippen MR) is 131 cm³/mol. The molecule has 0 N–H and O–H groups in total. The van der Waals surface area contributed by atoms with Gasteiger partial charge in [0, 0.05) is 26.2 Å². The molecule has 1 aromatic heterocycles. The van der Waals surface area contributed by atoms with Crippen LogP contribution in [0.15, 0.2) is 42.5 Å². The summed E-state index contributed by atoms with van der Waals surface area (Å²) in [5.74, 6) is 1.83.